The van der Waals surface area contributed by atoms with Crippen molar-refractivity contribution < 1.29 is 13.2 Å². The van der Waals surface area contributed by atoms with Crippen LogP contribution in [-0.4, -0.2) is 9.13 Å². The molecule has 0 unspecified atom stereocenters. The summed E-state index contributed by atoms with van der Waals surface area (Å²) in [6.07, 6.45) is -4.87. The van der Waals surface area contributed by atoms with Crippen molar-refractivity contribution in [1.82, 2.24) is 9.13 Å². The molecule has 0 aliphatic heterocycles. The first-order valence-corrected chi connectivity index (χ1v) is 24.0. The minimum absolute atomic E-state index is 0.131. The Morgan fingerprint density at radius 2 is 0.553 bits per heavy atom. The third-order valence-corrected chi connectivity index (χ3v) is 14.0. The van der Waals surface area contributed by atoms with E-state index >= 15 is 13.2 Å². The monoisotopic (exact) mass is 981 g/mol. The van der Waals surface area contributed by atoms with Gasteiger partial charge in [0.25, 0.3) is 0 Å². The Bertz CT molecular complexity index is 4420. The summed E-state index contributed by atoms with van der Waals surface area (Å²) in [6.45, 7) is 0. The highest BCUT2D eigenvalue weighted by Crippen LogP contribution is 2.47. The van der Waals surface area contributed by atoms with E-state index in [0.717, 1.165) is 66.1 Å². The molecule has 12 aromatic rings. The van der Waals surface area contributed by atoms with Crippen molar-refractivity contribution in [2.75, 3.05) is 0 Å². The molecule has 12 rings (SSSR count). The van der Waals surface area contributed by atoms with Crippen LogP contribution in [-0.2, 0) is 6.18 Å². The maximum absolute atomic E-state index is 16.1. The van der Waals surface area contributed by atoms with Gasteiger partial charge in [0.05, 0.1) is 97.2 Å². The molecular formula is C66H34F3N7. The van der Waals surface area contributed by atoms with Gasteiger partial charge in [-0.1, -0.05) is 84.9 Å². The van der Waals surface area contributed by atoms with Gasteiger partial charge >= 0.3 is 6.18 Å². The number of rotatable bonds is 7. The second kappa shape index (κ2) is 18.3. The SMILES string of the molecule is N#Cc1cccc(-c2ccc3c(c2)c2cc(-c4cccc(C#N)c4)ccc2n3-c2cc(-c3cccc(C#N)c3)c(C(F)(F)F)cc2-n2c3ccc(-c4cccc(C#N)c4)cc3c3cc(-c4cccc(C#N)c4)ccc32)c1. The van der Waals surface area contributed by atoms with Crippen LogP contribution in [0, 0.1) is 56.7 Å². The van der Waals surface area contributed by atoms with E-state index in [2.05, 4.69) is 30.3 Å². The first-order chi connectivity index (χ1) is 37.0. The third-order valence-electron chi connectivity index (χ3n) is 14.0. The summed E-state index contributed by atoms with van der Waals surface area (Å²) in [5, 5.41) is 52.4. The van der Waals surface area contributed by atoms with E-state index in [9.17, 15) is 26.3 Å². The van der Waals surface area contributed by atoms with Crippen molar-refractivity contribution in [3.8, 4) is 97.4 Å². The molecule has 76 heavy (non-hydrogen) atoms. The van der Waals surface area contributed by atoms with Crippen LogP contribution in [0.4, 0.5) is 13.2 Å². The fourth-order valence-corrected chi connectivity index (χ4v) is 10.5. The quantitative estimate of drug-likeness (QED) is 0.157. The summed E-state index contributed by atoms with van der Waals surface area (Å²) >= 11 is 0. The Labute approximate surface area is 433 Å². The second-order valence-electron chi connectivity index (χ2n) is 18.4. The predicted molar refractivity (Wildman–Crippen MR) is 291 cm³/mol. The van der Waals surface area contributed by atoms with Gasteiger partial charge in [-0.3, -0.25) is 0 Å². The van der Waals surface area contributed by atoms with Gasteiger partial charge in [-0.05, 0) is 177 Å². The standard InChI is InChI=1S/C66H34F3N7/c67-66(68,69)59-34-65(76-62-22-18-51(47-13-3-8-42(26-47)37-72)31-57(62)58-32-52(19-23-63(58)76)48-14-4-9-43(27-48)38-73)64(33-54(59)53-15-5-10-44(28-53)39-74)75-60-20-16-49(45-11-1-6-40(24-45)35-70)29-55(60)56-30-50(17-21-61(56)75)46-12-2-7-41(25-46)36-71/h1-34H. The Balaban J connectivity index is 1.22. The average molecular weight is 982 g/mol. The van der Waals surface area contributed by atoms with Crippen LogP contribution in [0.15, 0.2) is 206 Å². The zero-order valence-electron chi connectivity index (χ0n) is 39.9. The fraction of sp³-hybridized carbons (Fsp3) is 0.0152. The normalized spacial score (nSPS) is 11.3. The second-order valence-corrected chi connectivity index (χ2v) is 18.4. The van der Waals surface area contributed by atoms with Crippen LogP contribution >= 0.6 is 0 Å². The molecule has 0 N–H and O–H groups in total. The molecule has 0 bridgehead atoms. The number of aromatic nitrogens is 2. The van der Waals surface area contributed by atoms with Gasteiger partial charge in [-0.2, -0.15) is 39.5 Å². The summed E-state index contributed by atoms with van der Waals surface area (Å²) in [7, 11) is 0. The maximum atomic E-state index is 16.1. The van der Waals surface area contributed by atoms with Crippen molar-refractivity contribution in [3.05, 3.63) is 240 Å². The number of alkyl halides is 3. The molecule has 2 heterocycles. The van der Waals surface area contributed by atoms with Crippen molar-refractivity contribution in [2.45, 2.75) is 6.18 Å². The highest BCUT2D eigenvalue weighted by molar-refractivity contribution is 6.14. The smallest absolute Gasteiger partial charge is 0.307 e. The lowest BCUT2D eigenvalue weighted by Crippen LogP contribution is -2.12. The van der Waals surface area contributed by atoms with Crippen molar-refractivity contribution in [3.63, 3.8) is 0 Å². The minimum Gasteiger partial charge on any atom is -0.307 e. The van der Waals surface area contributed by atoms with Gasteiger partial charge in [0.1, 0.15) is 0 Å². The van der Waals surface area contributed by atoms with Gasteiger partial charge in [-0.25, -0.2) is 0 Å². The maximum Gasteiger partial charge on any atom is 0.417 e. The molecule has 0 radical (unpaired) electrons. The number of halogens is 3. The lowest BCUT2D eigenvalue weighted by Gasteiger charge is -2.22. The summed E-state index contributed by atoms with van der Waals surface area (Å²) in [5.74, 6) is 0. The largest absolute Gasteiger partial charge is 0.417 e. The van der Waals surface area contributed by atoms with Crippen LogP contribution in [0.25, 0.3) is 111 Å². The molecule has 0 atom stereocenters. The number of nitriles is 5. The lowest BCUT2D eigenvalue weighted by atomic mass is 9.95. The molecule has 0 fully saturated rings. The number of nitrogens with zero attached hydrogens (tertiary/aromatic N) is 7. The van der Waals surface area contributed by atoms with Gasteiger partial charge in [0.15, 0.2) is 0 Å². The highest BCUT2D eigenvalue weighted by atomic mass is 19.4. The van der Waals surface area contributed by atoms with Gasteiger partial charge < -0.3 is 9.13 Å². The summed E-state index contributed by atoms with van der Waals surface area (Å²) < 4.78 is 52.2. The van der Waals surface area contributed by atoms with Crippen molar-refractivity contribution in [2.24, 2.45) is 0 Å². The molecule has 0 amide bonds. The van der Waals surface area contributed by atoms with Crippen LogP contribution < -0.4 is 0 Å². The number of fused-ring (bicyclic) bond motifs is 6. The molecule has 0 aliphatic rings. The molecule has 0 aliphatic carbocycles. The van der Waals surface area contributed by atoms with Crippen molar-refractivity contribution >= 4 is 43.6 Å². The highest BCUT2D eigenvalue weighted by Gasteiger charge is 2.36. The molecule has 354 valence electrons. The summed E-state index contributed by atoms with van der Waals surface area (Å²) in [6, 6.07) is 72.5. The zero-order chi connectivity index (χ0) is 52.2. The van der Waals surface area contributed by atoms with Crippen LogP contribution in [0.2, 0.25) is 0 Å². The molecule has 10 heteroatoms. The van der Waals surface area contributed by atoms with E-state index < -0.39 is 11.7 Å². The lowest BCUT2D eigenvalue weighted by molar-refractivity contribution is -0.137. The topological polar surface area (TPSA) is 129 Å². The molecule has 0 spiro atoms. The Hall–Kier alpha value is -11.0. The molecule has 0 saturated heterocycles. The van der Waals surface area contributed by atoms with E-state index in [0.29, 0.717) is 50.0 Å². The van der Waals surface area contributed by atoms with Crippen LogP contribution in [0.3, 0.4) is 0 Å². The van der Waals surface area contributed by atoms with Gasteiger partial charge in [0, 0.05) is 21.5 Å². The Morgan fingerprint density at radius 1 is 0.289 bits per heavy atom. The van der Waals surface area contributed by atoms with Crippen LogP contribution in [0.5, 0.6) is 0 Å². The van der Waals surface area contributed by atoms with E-state index in [4.69, 9.17) is 0 Å². The predicted octanol–water partition coefficient (Wildman–Crippen LogP) is 16.6. The van der Waals surface area contributed by atoms with Gasteiger partial charge in [0.2, 0.25) is 0 Å². The summed E-state index contributed by atoms with van der Waals surface area (Å²) in [4.78, 5) is 0. The Morgan fingerprint density at radius 3 is 0.842 bits per heavy atom. The first-order valence-electron chi connectivity index (χ1n) is 24.0. The van der Waals surface area contributed by atoms with Gasteiger partial charge in [-0.15, -0.1) is 0 Å². The zero-order valence-corrected chi connectivity index (χ0v) is 39.9. The van der Waals surface area contributed by atoms with Crippen LogP contribution in [0.1, 0.15) is 33.4 Å². The molecule has 10 aromatic carbocycles. The molecule has 7 nitrogen and oxygen atoms in total. The van der Waals surface area contributed by atoms with E-state index in [1.807, 2.05) is 143 Å². The summed E-state index contributed by atoms with van der Waals surface area (Å²) in [5.41, 5.74) is 10.8. The number of hydrogen-bond acceptors (Lipinski definition) is 5. The van der Waals surface area contributed by atoms with Crippen molar-refractivity contribution in [1.29, 1.82) is 26.3 Å². The van der Waals surface area contributed by atoms with E-state index in [1.54, 1.807) is 60.7 Å². The first kappa shape index (κ1) is 46.1. The fourth-order valence-electron chi connectivity index (χ4n) is 10.5. The number of benzene rings is 10. The molecular weight excluding hydrogens is 948 g/mol. The molecule has 2 aromatic heterocycles. The Kier molecular flexibility index (Phi) is 11.1. The van der Waals surface area contributed by atoms with E-state index in [-0.39, 0.29) is 22.4 Å². The minimum atomic E-state index is -4.87. The van der Waals surface area contributed by atoms with E-state index in [1.165, 1.54) is 12.1 Å². The molecule has 0 saturated carbocycles. The third kappa shape index (κ3) is 7.92. The number of hydrogen-bond donors (Lipinski definition) is 0. The average Bonchev–Trinajstić information content (AvgIpc) is 4.11.